The molecule has 1 aromatic rings. The smallest absolute Gasteiger partial charge is 0.221 e. The highest BCUT2D eigenvalue weighted by atomic mass is 16.1. The lowest BCUT2D eigenvalue weighted by atomic mass is 10.1. The van der Waals surface area contributed by atoms with Gasteiger partial charge in [0.25, 0.3) is 0 Å². The first kappa shape index (κ1) is 11.1. The fourth-order valence-electron chi connectivity index (χ4n) is 1.72. The molecule has 0 saturated heterocycles. The van der Waals surface area contributed by atoms with Crippen molar-refractivity contribution in [1.82, 2.24) is 14.9 Å². The molecule has 1 fully saturated rings. The number of imidazole rings is 1. The van der Waals surface area contributed by atoms with Gasteiger partial charge in [-0.25, -0.2) is 4.98 Å². The van der Waals surface area contributed by atoms with E-state index in [1.54, 1.807) is 6.20 Å². The van der Waals surface area contributed by atoms with Crippen LogP contribution in [0.2, 0.25) is 0 Å². The van der Waals surface area contributed by atoms with E-state index >= 15 is 0 Å². The standard InChI is InChI=1S/C11H18N4O/c1-15-5-4-13-10(15)7-14-11(16)6-9(12)8-2-3-8/h4-5,8-9H,2-3,6-7,12H2,1H3,(H,14,16). The maximum atomic E-state index is 11.6. The lowest BCUT2D eigenvalue weighted by Crippen LogP contribution is -2.33. The Balaban J connectivity index is 1.73. The minimum Gasteiger partial charge on any atom is -0.349 e. The molecular weight excluding hydrogens is 204 g/mol. The fraction of sp³-hybridized carbons (Fsp3) is 0.636. The average Bonchev–Trinajstić information content (AvgIpc) is 3.00. The van der Waals surface area contributed by atoms with E-state index in [1.165, 1.54) is 12.8 Å². The number of rotatable bonds is 5. The molecule has 1 aromatic heterocycles. The molecule has 0 bridgehead atoms. The van der Waals surface area contributed by atoms with E-state index in [4.69, 9.17) is 5.73 Å². The van der Waals surface area contributed by atoms with Gasteiger partial charge < -0.3 is 15.6 Å². The van der Waals surface area contributed by atoms with Crippen molar-refractivity contribution in [1.29, 1.82) is 0 Å². The Kier molecular flexibility index (Phi) is 3.24. The Bertz CT molecular complexity index is 370. The average molecular weight is 222 g/mol. The molecular formula is C11H18N4O. The van der Waals surface area contributed by atoms with Crippen LogP contribution in [0.15, 0.2) is 12.4 Å². The number of carbonyl (C=O) groups excluding carboxylic acids is 1. The zero-order chi connectivity index (χ0) is 11.5. The van der Waals surface area contributed by atoms with Crippen LogP contribution >= 0.6 is 0 Å². The molecule has 1 heterocycles. The summed E-state index contributed by atoms with van der Waals surface area (Å²) in [5.41, 5.74) is 5.88. The molecule has 0 aliphatic heterocycles. The van der Waals surface area contributed by atoms with Gasteiger partial charge in [-0.15, -0.1) is 0 Å². The lowest BCUT2D eigenvalue weighted by Gasteiger charge is -2.10. The third-order valence-electron chi connectivity index (χ3n) is 3.01. The third kappa shape index (κ3) is 2.82. The molecule has 1 amide bonds. The summed E-state index contributed by atoms with van der Waals surface area (Å²) in [6.45, 7) is 0.472. The van der Waals surface area contributed by atoms with E-state index in [0.717, 1.165) is 5.82 Å². The topological polar surface area (TPSA) is 72.9 Å². The number of aromatic nitrogens is 2. The molecule has 3 N–H and O–H groups in total. The quantitative estimate of drug-likeness (QED) is 0.745. The predicted molar refractivity (Wildman–Crippen MR) is 60.4 cm³/mol. The molecule has 5 heteroatoms. The summed E-state index contributed by atoms with van der Waals surface area (Å²) in [5.74, 6) is 1.44. The molecule has 0 aromatic carbocycles. The SMILES string of the molecule is Cn1ccnc1CNC(=O)CC(N)C1CC1. The monoisotopic (exact) mass is 222 g/mol. The molecule has 0 spiro atoms. The summed E-state index contributed by atoms with van der Waals surface area (Å²) >= 11 is 0. The summed E-state index contributed by atoms with van der Waals surface area (Å²) in [6.07, 6.45) is 6.35. The number of amides is 1. The zero-order valence-electron chi connectivity index (χ0n) is 9.52. The Morgan fingerprint density at radius 1 is 1.75 bits per heavy atom. The second-order valence-electron chi connectivity index (χ2n) is 4.44. The molecule has 88 valence electrons. The van der Waals surface area contributed by atoms with Gasteiger partial charge in [0.05, 0.1) is 6.54 Å². The molecule has 16 heavy (non-hydrogen) atoms. The third-order valence-corrected chi connectivity index (χ3v) is 3.01. The van der Waals surface area contributed by atoms with Crippen LogP contribution in [0.4, 0.5) is 0 Å². The van der Waals surface area contributed by atoms with E-state index in [-0.39, 0.29) is 11.9 Å². The number of aryl methyl sites for hydroxylation is 1. The number of nitrogens with one attached hydrogen (secondary N) is 1. The highest BCUT2D eigenvalue weighted by Gasteiger charge is 2.29. The molecule has 1 atom stereocenters. The normalized spacial score (nSPS) is 17.1. The van der Waals surface area contributed by atoms with E-state index < -0.39 is 0 Å². The van der Waals surface area contributed by atoms with E-state index in [1.807, 2.05) is 17.8 Å². The Morgan fingerprint density at radius 3 is 3.06 bits per heavy atom. The van der Waals surface area contributed by atoms with Gasteiger partial charge in [0, 0.05) is 31.9 Å². The Labute approximate surface area is 95.0 Å². The molecule has 2 rings (SSSR count). The highest BCUT2D eigenvalue weighted by molar-refractivity contribution is 5.76. The number of nitrogens with two attached hydrogens (primary N) is 1. The summed E-state index contributed by atoms with van der Waals surface area (Å²) in [4.78, 5) is 15.7. The highest BCUT2D eigenvalue weighted by Crippen LogP contribution is 2.32. The molecule has 0 radical (unpaired) electrons. The molecule has 1 unspecified atom stereocenters. The van der Waals surface area contributed by atoms with E-state index in [2.05, 4.69) is 10.3 Å². The van der Waals surface area contributed by atoms with Gasteiger partial charge in [-0.05, 0) is 18.8 Å². The number of hydrogen-bond donors (Lipinski definition) is 2. The van der Waals surface area contributed by atoms with Crippen LogP contribution in [0.1, 0.15) is 25.1 Å². The van der Waals surface area contributed by atoms with E-state index in [9.17, 15) is 4.79 Å². The predicted octanol–water partition coefficient (Wildman–Crippen LogP) is 0.164. The lowest BCUT2D eigenvalue weighted by molar-refractivity contribution is -0.121. The van der Waals surface area contributed by atoms with Gasteiger partial charge in [0.1, 0.15) is 5.82 Å². The zero-order valence-corrected chi connectivity index (χ0v) is 9.52. The van der Waals surface area contributed by atoms with Gasteiger partial charge in [0.2, 0.25) is 5.91 Å². The maximum Gasteiger partial charge on any atom is 0.221 e. The molecule has 1 saturated carbocycles. The van der Waals surface area contributed by atoms with Crippen molar-refractivity contribution in [3.05, 3.63) is 18.2 Å². The first-order chi connectivity index (χ1) is 7.66. The van der Waals surface area contributed by atoms with Crippen LogP contribution in [0.3, 0.4) is 0 Å². The largest absolute Gasteiger partial charge is 0.349 e. The van der Waals surface area contributed by atoms with Crippen LogP contribution in [0.5, 0.6) is 0 Å². The summed E-state index contributed by atoms with van der Waals surface area (Å²) in [7, 11) is 1.91. The van der Waals surface area contributed by atoms with Crippen LogP contribution in [0, 0.1) is 5.92 Å². The van der Waals surface area contributed by atoms with Crippen LogP contribution in [-0.2, 0) is 18.4 Å². The van der Waals surface area contributed by atoms with Crippen molar-refractivity contribution in [3.63, 3.8) is 0 Å². The van der Waals surface area contributed by atoms with E-state index in [0.29, 0.717) is 18.9 Å². The van der Waals surface area contributed by atoms with Crippen molar-refractivity contribution in [2.24, 2.45) is 18.7 Å². The molecule has 1 aliphatic carbocycles. The minimum atomic E-state index is 0.0161. The number of nitrogens with zero attached hydrogens (tertiary/aromatic N) is 2. The minimum absolute atomic E-state index is 0.0161. The van der Waals surface area contributed by atoms with Gasteiger partial charge in [0.15, 0.2) is 0 Å². The van der Waals surface area contributed by atoms with Crippen molar-refractivity contribution in [2.45, 2.75) is 31.8 Å². The van der Waals surface area contributed by atoms with Crippen molar-refractivity contribution < 1.29 is 4.79 Å². The van der Waals surface area contributed by atoms with Gasteiger partial charge in [-0.3, -0.25) is 4.79 Å². The summed E-state index contributed by atoms with van der Waals surface area (Å²) < 4.78 is 1.89. The Hall–Kier alpha value is -1.36. The summed E-state index contributed by atoms with van der Waals surface area (Å²) in [5, 5.41) is 2.84. The number of carbonyl (C=O) groups is 1. The maximum absolute atomic E-state index is 11.6. The van der Waals surface area contributed by atoms with Crippen molar-refractivity contribution in [2.75, 3.05) is 0 Å². The van der Waals surface area contributed by atoms with Gasteiger partial charge >= 0.3 is 0 Å². The van der Waals surface area contributed by atoms with Crippen LogP contribution in [0.25, 0.3) is 0 Å². The van der Waals surface area contributed by atoms with Crippen molar-refractivity contribution >= 4 is 5.91 Å². The second-order valence-corrected chi connectivity index (χ2v) is 4.44. The first-order valence-electron chi connectivity index (χ1n) is 5.65. The van der Waals surface area contributed by atoms with Crippen molar-refractivity contribution in [3.8, 4) is 0 Å². The van der Waals surface area contributed by atoms with Crippen LogP contribution in [-0.4, -0.2) is 21.5 Å². The number of hydrogen-bond acceptors (Lipinski definition) is 3. The summed E-state index contributed by atoms with van der Waals surface area (Å²) in [6, 6.07) is 0.0290. The molecule has 5 nitrogen and oxygen atoms in total. The fourth-order valence-corrected chi connectivity index (χ4v) is 1.72. The first-order valence-corrected chi connectivity index (χ1v) is 5.65. The van der Waals surface area contributed by atoms with Gasteiger partial charge in [-0.1, -0.05) is 0 Å². The van der Waals surface area contributed by atoms with Crippen LogP contribution < -0.4 is 11.1 Å². The Morgan fingerprint density at radius 2 is 2.50 bits per heavy atom. The van der Waals surface area contributed by atoms with Gasteiger partial charge in [-0.2, -0.15) is 0 Å². The molecule has 1 aliphatic rings. The second kappa shape index (κ2) is 4.65.